The number of rotatable bonds is 1. The molecular weight excluding hydrogens is 331 g/mol. The zero-order valence-electron chi connectivity index (χ0n) is 6.87. The first kappa shape index (κ1) is 10.6. The SMILES string of the molecule is OB(O)c1csc2cc(Br)cc(Br)c12. The van der Waals surface area contributed by atoms with Crippen molar-refractivity contribution in [2.24, 2.45) is 0 Å². The van der Waals surface area contributed by atoms with Crippen LogP contribution in [0.15, 0.2) is 26.5 Å². The predicted octanol–water partition coefficient (Wildman–Crippen LogP) is 2.11. The summed E-state index contributed by atoms with van der Waals surface area (Å²) in [6.07, 6.45) is 0. The van der Waals surface area contributed by atoms with Crippen molar-refractivity contribution in [3.05, 3.63) is 26.5 Å². The van der Waals surface area contributed by atoms with Crippen LogP contribution >= 0.6 is 43.2 Å². The molecule has 0 aliphatic carbocycles. The van der Waals surface area contributed by atoms with Gasteiger partial charge in [0.2, 0.25) is 0 Å². The first-order valence-corrected chi connectivity index (χ1v) is 6.28. The maximum Gasteiger partial charge on any atom is 0.489 e. The minimum Gasteiger partial charge on any atom is -0.423 e. The molecule has 1 aromatic heterocycles. The molecule has 1 aromatic carbocycles. The maximum absolute atomic E-state index is 9.13. The Morgan fingerprint density at radius 1 is 1.21 bits per heavy atom. The van der Waals surface area contributed by atoms with E-state index in [-0.39, 0.29) is 0 Å². The van der Waals surface area contributed by atoms with Crippen molar-refractivity contribution in [3.8, 4) is 0 Å². The molecular formula is C8H5BBr2O2S. The Bertz CT molecular complexity index is 483. The molecule has 1 heterocycles. The lowest BCUT2D eigenvalue weighted by molar-refractivity contribution is 0.426. The van der Waals surface area contributed by atoms with Crippen LogP contribution in [0, 0.1) is 0 Å². The van der Waals surface area contributed by atoms with Gasteiger partial charge in [0.05, 0.1) is 0 Å². The Morgan fingerprint density at radius 2 is 1.93 bits per heavy atom. The first-order chi connectivity index (χ1) is 6.59. The molecule has 0 unspecified atom stereocenters. The summed E-state index contributed by atoms with van der Waals surface area (Å²) in [5.41, 5.74) is 0.546. The van der Waals surface area contributed by atoms with Gasteiger partial charge in [-0.2, -0.15) is 0 Å². The summed E-state index contributed by atoms with van der Waals surface area (Å²) in [6, 6.07) is 3.84. The third-order valence-electron chi connectivity index (χ3n) is 1.90. The highest BCUT2D eigenvalue weighted by Crippen LogP contribution is 2.30. The van der Waals surface area contributed by atoms with E-state index in [2.05, 4.69) is 31.9 Å². The van der Waals surface area contributed by atoms with Crippen molar-refractivity contribution in [2.45, 2.75) is 0 Å². The van der Waals surface area contributed by atoms with E-state index in [1.54, 1.807) is 5.38 Å². The average Bonchev–Trinajstić information content (AvgIpc) is 2.47. The lowest BCUT2D eigenvalue weighted by atomic mass is 9.80. The second-order valence-corrected chi connectivity index (χ2v) is 5.51. The topological polar surface area (TPSA) is 40.5 Å². The Balaban J connectivity index is 2.79. The maximum atomic E-state index is 9.13. The predicted molar refractivity (Wildman–Crippen MR) is 67.1 cm³/mol. The highest BCUT2D eigenvalue weighted by atomic mass is 79.9. The molecule has 2 aromatic rings. The lowest BCUT2D eigenvalue weighted by Gasteiger charge is -2.00. The third kappa shape index (κ3) is 1.77. The van der Waals surface area contributed by atoms with E-state index in [1.165, 1.54) is 11.3 Å². The molecule has 0 saturated carbocycles. The van der Waals surface area contributed by atoms with Gasteiger partial charge in [-0.15, -0.1) is 11.3 Å². The van der Waals surface area contributed by atoms with Gasteiger partial charge in [0, 0.05) is 24.5 Å². The Kier molecular flexibility index (Phi) is 2.99. The summed E-state index contributed by atoms with van der Waals surface area (Å²) < 4.78 is 2.86. The molecule has 0 saturated heterocycles. The van der Waals surface area contributed by atoms with E-state index in [0.717, 1.165) is 19.0 Å². The molecule has 6 heteroatoms. The zero-order valence-corrected chi connectivity index (χ0v) is 10.9. The normalized spacial score (nSPS) is 10.9. The van der Waals surface area contributed by atoms with Crippen molar-refractivity contribution in [1.82, 2.24) is 0 Å². The van der Waals surface area contributed by atoms with E-state index in [4.69, 9.17) is 10.0 Å². The molecule has 0 radical (unpaired) electrons. The molecule has 0 spiro atoms. The van der Waals surface area contributed by atoms with Gasteiger partial charge in [-0.1, -0.05) is 31.9 Å². The second-order valence-electron chi connectivity index (χ2n) is 2.83. The Morgan fingerprint density at radius 3 is 2.57 bits per heavy atom. The molecule has 0 bridgehead atoms. The van der Waals surface area contributed by atoms with E-state index in [1.807, 2.05) is 12.1 Å². The second kappa shape index (κ2) is 3.94. The van der Waals surface area contributed by atoms with Crippen LogP contribution in [-0.4, -0.2) is 17.2 Å². The van der Waals surface area contributed by atoms with Gasteiger partial charge in [-0.05, 0) is 17.5 Å². The van der Waals surface area contributed by atoms with Gasteiger partial charge in [0.15, 0.2) is 0 Å². The molecule has 72 valence electrons. The van der Waals surface area contributed by atoms with E-state index in [9.17, 15) is 0 Å². The highest BCUT2D eigenvalue weighted by Gasteiger charge is 2.18. The number of halogens is 2. The number of thiophene rings is 1. The summed E-state index contributed by atoms with van der Waals surface area (Å²) in [6.45, 7) is 0. The smallest absolute Gasteiger partial charge is 0.423 e. The minimum atomic E-state index is -1.42. The van der Waals surface area contributed by atoms with Gasteiger partial charge in [0.1, 0.15) is 0 Å². The van der Waals surface area contributed by atoms with Gasteiger partial charge in [-0.3, -0.25) is 0 Å². The first-order valence-electron chi connectivity index (χ1n) is 3.82. The molecule has 0 atom stereocenters. The fourth-order valence-corrected chi connectivity index (χ4v) is 4.07. The van der Waals surface area contributed by atoms with Gasteiger partial charge in [-0.25, -0.2) is 0 Å². The molecule has 0 fully saturated rings. The fourth-order valence-electron chi connectivity index (χ4n) is 1.30. The van der Waals surface area contributed by atoms with Crippen LogP contribution in [0.5, 0.6) is 0 Å². The molecule has 0 aliphatic rings. The third-order valence-corrected chi connectivity index (χ3v) is 3.93. The van der Waals surface area contributed by atoms with E-state index < -0.39 is 7.12 Å². The minimum absolute atomic E-state index is 0.546. The molecule has 0 amide bonds. The molecule has 2 rings (SSSR count). The molecule has 2 N–H and O–H groups in total. The van der Waals surface area contributed by atoms with Crippen molar-refractivity contribution >= 4 is 65.9 Å². The van der Waals surface area contributed by atoms with E-state index in [0.29, 0.717) is 5.46 Å². The van der Waals surface area contributed by atoms with Crippen LogP contribution in [0.25, 0.3) is 10.1 Å². The number of hydrogen-bond acceptors (Lipinski definition) is 3. The van der Waals surface area contributed by atoms with Crippen molar-refractivity contribution in [3.63, 3.8) is 0 Å². The van der Waals surface area contributed by atoms with Crippen molar-refractivity contribution in [1.29, 1.82) is 0 Å². The highest BCUT2D eigenvalue weighted by molar-refractivity contribution is 9.11. The van der Waals surface area contributed by atoms with Gasteiger partial charge in [0.25, 0.3) is 0 Å². The fraction of sp³-hybridized carbons (Fsp3) is 0. The summed E-state index contributed by atoms with van der Waals surface area (Å²) in [7, 11) is -1.42. The standard InChI is InChI=1S/C8H5BBr2O2S/c10-4-1-6(11)8-5(9(12)13)3-14-7(8)2-4/h1-3,12-13H. The number of fused-ring (bicyclic) bond motifs is 1. The summed E-state index contributed by atoms with van der Waals surface area (Å²) in [5.74, 6) is 0. The van der Waals surface area contributed by atoms with Crippen molar-refractivity contribution < 1.29 is 10.0 Å². The quantitative estimate of drug-likeness (QED) is 0.784. The van der Waals surface area contributed by atoms with Crippen LogP contribution in [0.4, 0.5) is 0 Å². The van der Waals surface area contributed by atoms with Crippen LogP contribution in [0.2, 0.25) is 0 Å². The lowest BCUT2D eigenvalue weighted by Crippen LogP contribution is -2.28. The van der Waals surface area contributed by atoms with Crippen LogP contribution in [-0.2, 0) is 0 Å². The Labute approximate surface area is 102 Å². The molecule has 0 aliphatic heterocycles. The van der Waals surface area contributed by atoms with Crippen LogP contribution in [0.3, 0.4) is 0 Å². The van der Waals surface area contributed by atoms with E-state index >= 15 is 0 Å². The number of hydrogen-bond donors (Lipinski definition) is 2. The van der Waals surface area contributed by atoms with Crippen molar-refractivity contribution in [2.75, 3.05) is 0 Å². The van der Waals surface area contributed by atoms with Crippen LogP contribution in [0.1, 0.15) is 0 Å². The summed E-state index contributed by atoms with van der Waals surface area (Å²) in [5, 5.41) is 20.9. The number of benzene rings is 1. The Hall–Kier alpha value is 0.125. The zero-order chi connectivity index (χ0) is 10.3. The summed E-state index contributed by atoms with van der Waals surface area (Å²) >= 11 is 8.27. The monoisotopic (exact) mass is 334 g/mol. The summed E-state index contributed by atoms with van der Waals surface area (Å²) in [4.78, 5) is 0. The largest absolute Gasteiger partial charge is 0.489 e. The molecule has 14 heavy (non-hydrogen) atoms. The average molecular weight is 336 g/mol. The molecule has 2 nitrogen and oxygen atoms in total. The van der Waals surface area contributed by atoms with Gasteiger partial charge < -0.3 is 10.0 Å². The van der Waals surface area contributed by atoms with Gasteiger partial charge >= 0.3 is 7.12 Å². The van der Waals surface area contributed by atoms with Crippen LogP contribution < -0.4 is 5.46 Å².